The molecule has 57 heavy (non-hydrogen) atoms. The van der Waals surface area contributed by atoms with Crippen LogP contribution in [0.25, 0.3) is 11.1 Å². The van der Waals surface area contributed by atoms with Crippen LogP contribution in [0.1, 0.15) is 67.9 Å². The zero-order chi connectivity index (χ0) is 41.0. The first-order valence-corrected chi connectivity index (χ1v) is 18.9. The van der Waals surface area contributed by atoms with Gasteiger partial charge in [-0.15, -0.1) is 0 Å². The third-order valence-electron chi connectivity index (χ3n) is 9.44. The Morgan fingerprint density at radius 1 is 0.737 bits per heavy atom. The molecule has 1 aliphatic carbocycles. The molecule has 3 amide bonds. The van der Waals surface area contributed by atoms with Crippen molar-refractivity contribution < 1.29 is 48.7 Å². The normalized spacial score (nSPS) is 14.4. The monoisotopic (exact) mass is 781 g/mol. The second kappa shape index (κ2) is 20.0. The molecule has 0 bridgehead atoms. The van der Waals surface area contributed by atoms with Crippen LogP contribution in [0.3, 0.4) is 0 Å². The Morgan fingerprint density at radius 2 is 1.28 bits per heavy atom. The van der Waals surface area contributed by atoms with Crippen LogP contribution in [0.2, 0.25) is 0 Å². The van der Waals surface area contributed by atoms with Gasteiger partial charge in [-0.05, 0) is 60.6 Å². The maximum absolute atomic E-state index is 13.5. The smallest absolute Gasteiger partial charge is 0.407 e. The zero-order valence-electron chi connectivity index (χ0n) is 32.3. The van der Waals surface area contributed by atoms with Gasteiger partial charge in [-0.2, -0.15) is 0 Å². The molecule has 1 aliphatic rings. The molecule has 3 unspecified atom stereocenters. The van der Waals surface area contributed by atoms with E-state index in [4.69, 9.17) is 14.2 Å². The molecule has 302 valence electrons. The molecule has 0 fully saturated rings. The number of carbonyl (C=O) groups is 4. The Morgan fingerprint density at radius 3 is 1.82 bits per heavy atom. The summed E-state index contributed by atoms with van der Waals surface area (Å²) >= 11 is 0. The van der Waals surface area contributed by atoms with Crippen molar-refractivity contribution in [3.63, 3.8) is 0 Å². The lowest BCUT2D eigenvalue weighted by Gasteiger charge is -2.27. The zero-order valence-corrected chi connectivity index (χ0v) is 32.3. The molecule has 6 N–H and O–H groups in total. The van der Waals surface area contributed by atoms with Crippen LogP contribution >= 0.6 is 0 Å². The molecule has 5 rings (SSSR count). The van der Waals surface area contributed by atoms with Gasteiger partial charge in [-0.1, -0.05) is 109 Å². The number of rotatable bonds is 18. The first-order chi connectivity index (χ1) is 27.3. The van der Waals surface area contributed by atoms with Crippen LogP contribution in [-0.4, -0.2) is 95.5 Å². The Balaban J connectivity index is 1.11. The molecular weight excluding hydrogens is 730 g/mol. The van der Waals surface area contributed by atoms with Gasteiger partial charge in [0.1, 0.15) is 12.6 Å². The highest BCUT2D eigenvalue weighted by molar-refractivity contribution is 5.86. The van der Waals surface area contributed by atoms with E-state index in [1.54, 1.807) is 20.8 Å². The number of hydrogen-bond acceptors (Lipinski definition) is 10. The minimum Gasteiger partial charge on any atom is -0.452 e. The van der Waals surface area contributed by atoms with E-state index in [1.807, 2.05) is 109 Å². The van der Waals surface area contributed by atoms with Gasteiger partial charge in [0.15, 0.2) is 12.2 Å². The molecule has 0 saturated heterocycles. The lowest BCUT2D eigenvalue weighted by Crippen LogP contribution is -2.54. The van der Waals surface area contributed by atoms with Crippen LogP contribution in [0.5, 0.6) is 0 Å². The maximum Gasteiger partial charge on any atom is 0.407 e. The second-order valence-corrected chi connectivity index (χ2v) is 14.8. The number of amides is 3. The summed E-state index contributed by atoms with van der Waals surface area (Å²) in [6.45, 7) is 4.27. The van der Waals surface area contributed by atoms with E-state index in [2.05, 4.69) is 16.0 Å². The van der Waals surface area contributed by atoms with Crippen LogP contribution in [0, 0.1) is 0 Å². The molecule has 0 aromatic heterocycles. The maximum atomic E-state index is 13.5. The number of aliphatic hydroxyl groups excluding tert-OH is 3. The highest BCUT2D eigenvalue weighted by Gasteiger charge is 2.32. The van der Waals surface area contributed by atoms with Crippen LogP contribution < -0.4 is 16.0 Å². The van der Waals surface area contributed by atoms with Crippen molar-refractivity contribution in [3.8, 4) is 11.1 Å². The third-order valence-corrected chi connectivity index (χ3v) is 9.44. The first-order valence-electron chi connectivity index (χ1n) is 18.9. The highest BCUT2D eigenvalue weighted by atomic mass is 16.6. The van der Waals surface area contributed by atoms with E-state index in [-0.39, 0.29) is 32.1 Å². The van der Waals surface area contributed by atoms with Gasteiger partial charge >= 0.3 is 12.1 Å². The number of benzene rings is 4. The molecule has 0 saturated carbocycles. The van der Waals surface area contributed by atoms with E-state index in [0.29, 0.717) is 0 Å². The van der Waals surface area contributed by atoms with E-state index in [1.165, 1.54) is 0 Å². The summed E-state index contributed by atoms with van der Waals surface area (Å²) in [5, 5.41) is 38.9. The largest absolute Gasteiger partial charge is 0.452 e. The minimum atomic E-state index is -1.95. The summed E-state index contributed by atoms with van der Waals surface area (Å²) in [4.78, 5) is 52.1. The molecule has 4 aromatic rings. The SMILES string of the molecule is CC(C)(C)OCC(NC(=O)OCC1c2ccccc2-c2ccccc21)C(=O)NC(CO)CC(O)[C@H](O)C(=O)NCCC(=O)OC(c1ccccc1)c1ccccc1. The second-order valence-electron chi connectivity index (χ2n) is 14.8. The van der Waals surface area contributed by atoms with Gasteiger partial charge in [0.05, 0.1) is 37.4 Å². The lowest BCUT2D eigenvalue weighted by atomic mass is 9.98. The van der Waals surface area contributed by atoms with Gasteiger partial charge in [0.2, 0.25) is 5.91 Å². The van der Waals surface area contributed by atoms with Crippen LogP contribution in [-0.2, 0) is 28.6 Å². The number of esters is 1. The average Bonchev–Trinajstić information content (AvgIpc) is 3.53. The van der Waals surface area contributed by atoms with E-state index in [9.17, 15) is 34.5 Å². The van der Waals surface area contributed by atoms with Gasteiger partial charge in [-0.3, -0.25) is 14.4 Å². The number of alkyl carbamates (subject to hydrolysis) is 1. The number of nitrogens with one attached hydrogen (secondary N) is 3. The Labute approximate surface area is 332 Å². The lowest BCUT2D eigenvalue weighted by molar-refractivity contribution is -0.147. The number of ether oxygens (including phenoxy) is 3. The predicted molar refractivity (Wildman–Crippen MR) is 212 cm³/mol. The summed E-state index contributed by atoms with van der Waals surface area (Å²) in [6.07, 6.45) is -5.83. The molecule has 0 heterocycles. The van der Waals surface area contributed by atoms with Crippen LogP contribution in [0.15, 0.2) is 109 Å². The number of hydrogen-bond donors (Lipinski definition) is 6. The molecule has 0 spiro atoms. The molecule has 13 nitrogen and oxygen atoms in total. The summed E-state index contributed by atoms with van der Waals surface area (Å²) in [6, 6.07) is 31.8. The van der Waals surface area contributed by atoms with Crippen molar-refractivity contribution in [2.24, 2.45) is 0 Å². The quantitative estimate of drug-likeness (QED) is 0.0800. The number of aliphatic hydroxyl groups is 3. The van der Waals surface area contributed by atoms with Gasteiger partial charge in [0, 0.05) is 12.5 Å². The van der Waals surface area contributed by atoms with Gasteiger partial charge in [0.25, 0.3) is 5.91 Å². The fraction of sp³-hybridized carbons (Fsp3) is 0.364. The molecular formula is C44H51N3O10. The fourth-order valence-corrected chi connectivity index (χ4v) is 6.54. The van der Waals surface area contributed by atoms with Crippen molar-refractivity contribution >= 4 is 23.9 Å². The number of fused-ring (bicyclic) bond motifs is 3. The Bertz CT molecular complexity index is 1870. The van der Waals surface area contributed by atoms with E-state index in [0.717, 1.165) is 33.4 Å². The summed E-state index contributed by atoms with van der Waals surface area (Å²) < 4.78 is 17.2. The molecule has 0 aliphatic heterocycles. The Kier molecular flexibility index (Phi) is 14.9. The predicted octanol–water partition coefficient (Wildman–Crippen LogP) is 4.14. The topological polar surface area (TPSA) is 193 Å². The summed E-state index contributed by atoms with van der Waals surface area (Å²) in [7, 11) is 0. The standard InChI is InChI=1S/C44H51N3O10/c1-44(2,3)56-27-36(47-43(54)55-26-35-33-20-12-10-18-31(33)32-19-11-13-21-34(32)35)41(52)46-30(25-48)24-37(49)39(51)42(53)45-23-22-38(50)57-40(28-14-6-4-7-15-28)29-16-8-5-9-17-29/h4-21,30,35-37,39-40,48-49,51H,22-27H2,1-3H3,(H,45,53)(H,46,52)(H,47,54)/t30?,36?,37?,39-/m0/s1. The van der Waals surface area contributed by atoms with Gasteiger partial charge < -0.3 is 45.5 Å². The number of carbonyl (C=O) groups excluding carboxylic acids is 4. The first kappa shape index (κ1) is 42.5. The summed E-state index contributed by atoms with van der Waals surface area (Å²) in [5.74, 6) is -2.51. The molecule has 4 atom stereocenters. The van der Waals surface area contributed by atoms with Crippen LogP contribution in [0.4, 0.5) is 4.79 Å². The minimum absolute atomic E-state index is 0.0167. The van der Waals surface area contributed by atoms with E-state index < -0.39 is 72.9 Å². The van der Waals surface area contributed by atoms with Crippen molar-refractivity contribution in [1.29, 1.82) is 0 Å². The highest BCUT2D eigenvalue weighted by Crippen LogP contribution is 2.44. The average molecular weight is 782 g/mol. The molecule has 4 aromatic carbocycles. The molecule has 0 radical (unpaired) electrons. The molecule has 13 heteroatoms. The van der Waals surface area contributed by atoms with Crippen molar-refractivity contribution in [1.82, 2.24) is 16.0 Å². The van der Waals surface area contributed by atoms with Crippen molar-refractivity contribution in [2.75, 3.05) is 26.4 Å². The van der Waals surface area contributed by atoms with Crippen molar-refractivity contribution in [3.05, 3.63) is 131 Å². The Hall–Kier alpha value is -5.60. The van der Waals surface area contributed by atoms with Gasteiger partial charge in [-0.25, -0.2) is 4.79 Å². The third kappa shape index (κ3) is 11.9. The summed E-state index contributed by atoms with van der Waals surface area (Å²) in [5.41, 5.74) is 5.04. The fourth-order valence-electron chi connectivity index (χ4n) is 6.54. The van der Waals surface area contributed by atoms with Crippen molar-refractivity contribution in [2.45, 2.75) is 75.5 Å². The van der Waals surface area contributed by atoms with E-state index >= 15 is 0 Å².